The lowest BCUT2D eigenvalue weighted by molar-refractivity contribution is -0.139. The molecule has 0 aromatic carbocycles. The number of carbonyl (C=O) groups excluding carboxylic acids is 1. The number of amides is 1. The molecule has 1 aliphatic rings. The van der Waals surface area contributed by atoms with E-state index >= 15 is 0 Å². The average Bonchev–Trinajstić information content (AvgIpc) is 2.23. The molecule has 0 aromatic heterocycles. The summed E-state index contributed by atoms with van der Waals surface area (Å²) in [5.74, 6) is -0.00609. The van der Waals surface area contributed by atoms with Crippen LogP contribution in [0.25, 0.3) is 0 Å². The highest BCUT2D eigenvalue weighted by atomic mass is 16.3. The van der Waals surface area contributed by atoms with E-state index in [-0.39, 0.29) is 5.91 Å². The van der Waals surface area contributed by atoms with E-state index in [9.17, 15) is 9.90 Å². The number of likely N-dealkylation sites (tertiary alicyclic amines) is 1. The van der Waals surface area contributed by atoms with Crippen LogP contribution in [0.5, 0.6) is 0 Å². The fraction of sp³-hybridized carbons (Fsp3) is 0.917. The van der Waals surface area contributed by atoms with Gasteiger partial charge in [-0.2, -0.15) is 0 Å². The van der Waals surface area contributed by atoms with Crippen LogP contribution in [0.1, 0.15) is 46.0 Å². The summed E-state index contributed by atoms with van der Waals surface area (Å²) < 4.78 is 0. The summed E-state index contributed by atoms with van der Waals surface area (Å²) in [7, 11) is 0. The molecule has 4 heteroatoms. The van der Waals surface area contributed by atoms with Crippen LogP contribution in [0.2, 0.25) is 0 Å². The number of β-amino-alcohol motifs (C(OH)–C–C–N with tert-alkyl or cyclic N) is 1. The van der Waals surface area contributed by atoms with Gasteiger partial charge in [-0.25, -0.2) is 0 Å². The molecule has 0 bridgehead atoms. The Bertz CT molecular complexity index is 241. The predicted molar refractivity (Wildman–Crippen MR) is 63.9 cm³/mol. The third-order valence-electron chi connectivity index (χ3n) is 3.17. The Labute approximate surface area is 97.8 Å². The third-order valence-corrected chi connectivity index (χ3v) is 3.17. The molecule has 1 amide bonds. The van der Waals surface area contributed by atoms with Crippen molar-refractivity contribution in [3.05, 3.63) is 0 Å². The van der Waals surface area contributed by atoms with Crippen molar-refractivity contribution in [2.75, 3.05) is 13.1 Å². The third kappa shape index (κ3) is 3.76. The minimum absolute atomic E-state index is 0.00609. The molecule has 1 aliphatic heterocycles. The Kier molecular flexibility index (Phi) is 4.74. The SMILES string of the molecule is CCCC[C@H](N)C(=O)N1CCCC(C)(O)C1. The molecule has 1 rings (SSSR count). The summed E-state index contributed by atoms with van der Waals surface area (Å²) in [6.45, 7) is 5.02. The van der Waals surface area contributed by atoms with Crippen LogP contribution in [0, 0.1) is 0 Å². The zero-order valence-electron chi connectivity index (χ0n) is 10.4. The van der Waals surface area contributed by atoms with Crippen LogP contribution < -0.4 is 5.73 Å². The lowest BCUT2D eigenvalue weighted by Gasteiger charge is -2.37. The van der Waals surface area contributed by atoms with Crippen molar-refractivity contribution >= 4 is 5.91 Å². The topological polar surface area (TPSA) is 66.6 Å². The summed E-state index contributed by atoms with van der Waals surface area (Å²) in [5, 5.41) is 9.92. The van der Waals surface area contributed by atoms with Crippen molar-refractivity contribution in [2.24, 2.45) is 5.73 Å². The van der Waals surface area contributed by atoms with Gasteiger partial charge < -0.3 is 15.7 Å². The van der Waals surface area contributed by atoms with Crippen molar-refractivity contribution in [1.29, 1.82) is 0 Å². The van der Waals surface area contributed by atoms with Crippen LogP contribution in [0.3, 0.4) is 0 Å². The van der Waals surface area contributed by atoms with Gasteiger partial charge in [-0.1, -0.05) is 19.8 Å². The maximum Gasteiger partial charge on any atom is 0.239 e. The number of piperidine rings is 1. The van der Waals surface area contributed by atoms with Gasteiger partial charge in [0, 0.05) is 13.1 Å². The molecule has 16 heavy (non-hydrogen) atoms. The number of unbranched alkanes of at least 4 members (excludes halogenated alkanes) is 1. The van der Waals surface area contributed by atoms with Gasteiger partial charge in [-0.05, 0) is 26.2 Å². The van der Waals surface area contributed by atoms with Gasteiger partial charge in [0.15, 0.2) is 0 Å². The number of nitrogens with zero attached hydrogens (tertiary/aromatic N) is 1. The largest absolute Gasteiger partial charge is 0.388 e. The van der Waals surface area contributed by atoms with Crippen LogP contribution in [-0.4, -0.2) is 40.6 Å². The van der Waals surface area contributed by atoms with E-state index in [0.717, 1.165) is 38.6 Å². The van der Waals surface area contributed by atoms with E-state index in [1.165, 1.54) is 0 Å². The first-order valence-electron chi connectivity index (χ1n) is 6.23. The standard InChI is InChI=1S/C12H24N2O2/c1-3-4-6-10(13)11(15)14-8-5-7-12(2,16)9-14/h10,16H,3-9,13H2,1-2H3/t10-,12?/m0/s1. The maximum absolute atomic E-state index is 12.0. The highest BCUT2D eigenvalue weighted by Crippen LogP contribution is 2.21. The Hall–Kier alpha value is -0.610. The first-order valence-corrected chi connectivity index (χ1v) is 6.23. The van der Waals surface area contributed by atoms with Crippen LogP contribution in [0.4, 0.5) is 0 Å². The monoisotopic (exact) mass is 228 g/mol. The molecule has 0 radical (unpaired) electrons. The van der Waals surface area contributed by atoms with Crippen molar-refractivity contribution in [1.82, 2.24) is 4.90 Å². The van der Waals surface area contributed by atoms with E-state index in [1.54, 1.807) is 11.8 Å². The molecule has 2 atom stereocenters. The van der Waals surface area contributed by atoms with E-state index < -0.39 is 11.6 Å². The number of hydrogen-bond donors (Lipinski definition) is 2. The fourth-order valence-corrected chi connectivity index (χ4v) is 2.19. The molecular weight excluding hydrogens is 204 g/mol. The van der Waals surface area contributed by atoms with E-state index in [1.807, 2.05) is 0 Å². The lowest BCUT2D eigenvalue weighted by Crippen LogP contribution is -2.53. The number of carbonyl (C=O) groups is 1. The second kappa shape index (κ2) is 5.64. The Morgan fingerprint density at radius 1 is 1.62 bits per heavy atom. The molecule has 0 aliphatic carbocycles. The van der Waals surface area contributed by atoms with Crippen LogP contribution in [-0.2, 0) is 4.79 Å². The quantitative estimate of drug-likeness (QED) is 0.750. The number of rotatable bonds is 4. The summed E-state index contributed by atoms with van der Waals surface area (Å²) in [5.41, 5.74) is 5.11. The van der Waals surface area contributed by atoms with Gasteiger partial charge in [-0.3, -0.25) is 4.79 Å². The molecule has 1 saturated heterocycles. The van der Waals surface area contributed by atoms with Gasteiger partial charge in [0.05, 0.1) is 11.6 Å². The Morgan fingerprint density at radius 3 is 2.88 bits per heavy atom. The molecule has 0 saturated carbocycles. The second-order valence-electron chi connectivity index (χ2n) is 5.11. The predicted octanol–water partition coefficient (Wildman–Crippen LogP) is 0.877. The minimum Gasteiger partial charge on any atom is -0.388 e. The molecule has 94 valence electrons. The smallest absolute Gasteiger partial charge is 0.239 e. The molecule has 3 N–H and O–H groups in total. The zero-order chi connectivity index (χ0) is 12.2. The van der Waals surface area contributed by atoms with Crippen molar-refractivity contribution in [2.45, 2.75) is 57.6 Å². The number of aliphatic hydroxyl groups is 1. The van der Waals surface area contributed by atoms with E-state index in [4.69, 9.17) is 5.73 Å². The summed E-state index contributed by atoms with van der Waals surface area (Å²) in [6.07, 6.45) is 4.41. The lowest BCUT2D eigenvalue weighted by atomic mass is 9.94. The summed E-state index contributed by atoms with van der Waals surface area (Å²) in [4.78, 5) is 13.7. The van der Waals surface area contributed by atoms with Gasteiger partial charge >= 0.3 is 0 Å². The molecule has 0 aromatic rings. The number of hydrogen-bond acceptors (Lipinski definition) is 3. The Morgan fingerprint density at radius 2 is 2.31 bits per heavy atom. The molecule has 1 fully saturated rings. The molecule has 4 nitrogen and oxygen atoms in total. The van der Waals surface area contributed by atoms with Crippen LogP contribution in [0.15, 0.2) is 0 Å². The summed E-state index contributed by atoms with van der Waals surface area (Å²) in [6, 6.07) is -0.395. The molecule has 1 unspecified atom stereocenters. The highest BCUT2D eigenvalue weighted by Gasteiger charge is 2.32. The maximum atomic E-state index is 12.0. The normalized spacial score (nSPS) is 27.9. The zero-order valence-corrected chi connectivity index (χ0v) is 10.4. The fourth-order valence-electron chi connectivity index (χ4n) is 2.19. The first-order chi connectivity index (χ1) is 7.46. The van der Waals surface area contributed by atoms with Crippen molar-refractivity contribution in [3.8, 4) is 0 Å². The molecule has 1 heterocycles. The van der Waals surface area contributed by atoms with E-state index in [0.29, 0.717) is 6.54 Å². The van der Waals surface area contributed by atoms with Crippen LogP contribution >= 0.6 is 0 Å². The highest BCUT2D eigenvalue weighted by molar-refractivity contribution is 5.81. The molecule has 0 spiro atoms. The van der Waals surface area contributed by atoms with Gasteiger partial charge in [-0.15, -0.1) is 0 Å². The summed E-state index contributed by atoms with van der Waals surface area (Å²) >= 11 is 0. The number of nitrogens with two attached hydrogens (primary N) is 1. The van der Waals surface area contributed by atoms with Gasteiger partial charge in [0.25, 0.3) is 0 Å². The van der Waals surface area contributed by atoms with Gasteiger partial charge in [0.2, 0.25) is 5.91 Å². The van der Waals surface area contributed by atoms with Crippen molar-refractivity contribution in [3.63, 3.8) is 0 Å². The van der Waals surface area contributed by atoms with Crippen molar-refractivity contribution < 1.29 is 9.90 Å². The average molecular weight is 228 g/mol. The van der Waals surface area contributed by atoms with E-state index in [2.05, 4.69) is 6.92 Å². The minimum atomic E-state index is -0.738. The molecular formula is C12H24N2O2. The first kappa shape index (κ1) is 13.5. The van der Waals surface area contributed by atoms with Gasteiger partial charge in [0.1, 0.15) is 0 Å². The Balaban J connectivity index is 2.46. The second-order valence-corrected chi connectivity index (χ2v) is 5.11.